The SMILES string of the molecule is COc1cc2nc(SC)n(C(=O)c3ccco3)c2cc1OC. The first kappa shape index (κ1) is 14.5. The van der Waals surface area contributed by atoms with Crippen LogP contribution in [0.1, 0.15) is 10.6 Å². The molecule has 114 valence electrons. The standard InChI is InChI=1S/C15H14N2O4S/c1-19-12-7-9-10(8-13(12)20-2)17(15(16-9)22-3)14(18)11-5-4-6-21-11/h4-8H,1-3H3. The van der Waals surface area contributed by atoms with Crippen molar-refractivity contribution in [3.63, 3.8) is 0 Å². The predicted octanol–water partition coefficient (Wildman–Crippen LogP) is 3.06. The molecule has 0 amide bonds. The maximum Gasteiger partial charge on any atom is 0.300 e. The van der Waals surface area contributed by atoms with E-state index in [0.717, 1.165) is 0 Å². The lowest BCUT2D eigenvalue weighted by atomic mass is 10.2. The zero-order chi connectivity index (χ0) is 15.7. The summed E-state index contributed by atoms with van der Waals surface area (Å²) in [5.41, 5.74) is 1.30. The number of carbonyl (C=O) groups is 1. The van der Waals surface area contributed by atoms with Crippen LogP contribution in [0.3, 0.4) is 0 Å². The van der Waals surface area contributed by atoms with Gasteiger partial charge in [0.2, 0.25) is 0 Å². The van der Waals surface area contributed by atoms with Crippen molar-refractivity contribution in [3.05, 3.63) is 36.3 Å². The molecule has 0 unspecified atom stereocenters. The first-order valence-corrected chi connectivity index (χ1v) is 7.68. The lowest BCUT2D eigenvalue weighted by Crippen LogP contribution is -2.12. The van der Waals surface area contributed by atoms with E-state index in [1.54, 1.807) is 38.5 Å². The van der Waals surface area contributed by atoms with Crippen LogP contribution < -0.4 is 9.47 Å². The van der Waals surface area contributed by atoms with Crippen LogP contribution in [0, 0.1) is 0 Å². The van der Waals surface area contributed by atoms with E-state index >= 15 is 0 Å². The van der Waals surface area contributed by atoms with Gasteiger partial charge >= 0.3 is 0 Å². The van der Waals surface area contributed by atoms with E-state index < -0.39 is 0 Å². The Balaban J connectivity index is 2.25. The molecule has 0 saturated heterocycles. The number of nitrogens with zero attached hydrogens (tertiary/aromatic N) is 2. The zero-order valence-electron chi connectivity index (χ0n) is 12.3. The Morgan fingerprint density at radius 1 is 1.27 bits per heavy atom. The molecule has 0 radical (unpaired) electrons. The Morgan fingerprint density at radius 2 is 2.00 bits per heavy atom. The molecule has 3 rings (SSSR count). The number of ether oxygens (including phenoxy) is 2. The van der Waals surface area contributed by atoms with Crippen molar-refractivity contribution in [2.24, 2.45) is 0 Å². The summed E-state index contributed by atoms with van der Waals surface area (Å²) in [5, 5.41) is 0.576. The second kappa shape index (κ2) is 5.76. The van der Waals surface area contributed by atoms with Gasteiger partial charge in [-0.25, -0.2) is 4.98 Å². The minimum absolute atomic E-state index is 0.254. The summed E-state index contributed by atoms with van der Waals surface area (Å²) in [4.78, 5) is 17.1. The molecule has 0 aliphatic heterocycles. The van der Waals surface area contributed by atoms with Crippen LogP contribution in [0.25, 0.3) is 11.0 Å². The molecule has 0 aliphatic rings. The highest BCUT2D eigenvalue weighted by Crippen LogP contribution is 2.34. The first-order chi connectivity index (χ1) is 10.7. The molecule has 7 heteroatoms. The van der Waals surface area contributed by atoms with Gasteiger partial charge < -0.3 is 13.9 Å². The van der Waals surface area contributed by atoms with E-state index in [-0.39, 0.29) is 11.7 Å². The molecule has 0 fully saturated rings. The number of hydrogen-bond acceptors (Lipinski definition) is 6. The molecule has 0 saturated carbocycles. The number of methoxy groups -OCH3 is 2. The summed E-state index contributed by atoms with van der Waals surface area (Å²) in [6.07, 6.45) is 3.33. The fourth-order valence-electron chi connectivity index (χ4n) is 2.23. The van der Waals surface area contributed by atoms with Gasteiger partial charge in [-0.2, -0.15) is 0 Å². The third-order valence-electron chi connectivity index (χ3n) is 3.25. The Kier molecular flexibility index (Phi) is 3.81. The second-order valence-corrected chi connectivity index (χ2v) is 5.19. The van der Waals surface area contributed by atoms with Crippen LogP contribution in [-0.4, -0.2) is 35.9 Å². The van der Waals surface area contributed by atoms with Gasteiger partial charge in [0.25, 0.3) is 5.91 Å². The Morgan fingerprint density at radius 3 is 2.59 bits per heavy atom. The highest BCUT2D eigenvalue weighted by atomic mass is 32.2. The normalized spacial score (nSPS) is 10.9. The number of carbonyl (C=O) groups excluding carboxylic acids is 1. The van der Waals surface area contributed by atoms with Crippen molar-refractivity contribution in [2.75, 3.05) is 20.5 Å². The molecule has 2 aromatic heterocycles. The molecular formula is C15H14N2O4S. The van der Waals surface area contributed by atoms with Gasteiger partial charge in [0.05, 0.1) is 31.5 Å². The monoisotopic (exact) mass is 318 g/mol. The fraction of sp³-hybridized carbons (Fsp3) is 0.200. The molecule has 3 aromatic rings. The van der Waals surface area contributed by atoms with E-state index in [1.165, 1.54) is 22.6 Å². The molecule has 6 nitrogen and oxygen atoms in total. The number of furan rings is 1. The summed E-state index contributed by atoms with van der Waals surface area (Å²) in [5.74, 6) is 1.09. The van der Waals surface area contributed by atoms with Gasteiger partial charge in [0.1, 0.15) is 0 Å². The average molecular weight is 318 g/mol. The maximum absolute atomic E-state index is 12.7. The van der Waals surface area contributed by atoms with Gasteiger partial charge in [-0.3, -0.25) is 9.36 Å². The highest BCUT2D eigenvalue weighted by Gasteiger charge is 2.21. The van der Waals surface area contributed by atoms with Crippen molar-refractivity contribution in [1.29, 1.82) is 0 Å². The van der Waals surface area contributed by atoms with Crippen molar-refractivity contribution in [2.45, 2.75) is 5.16 Å². The van der Waals surface area contributed by atoms with Gasteiger partial charge in [-0.05, 0) is 18.4 Å². The minimum atomic E-state index is -0.274. The number of hydrogen-bond donors (Lipinski definition) is 0. The van der Waals surface area contributed by atoms with E-state index in [2.05, 4.69) is 4.98 Å². The van der Waals surface area contributed by atoms with Crippen molar-refractivity contribution in [1.82, 2.24) is 9.55 Å². The molecule has 0 bridgehead atoms. The van der Waals surface area contributed by atoms with Crippen molar-refractivity contribution >= 4 is 28.7 Å². The zero-order valence-corrected chi connectivity index (χ0v) is 13.1. The maximum atomic E-state index is 12.7. The largest absolute Gasteiger partial charge is 0.493 e. The topological polar surface area (TPSA) is 66.5 Å². The molecule has 0 spiro atoms. The second-order valence-electron chi connectivity index (χ2n) is 4.41. The number of aromatic nitrogens is 2. The number of benzene rings is 1. The van der Waals surface area contributed by atoms with Crippen LogP contribution in [0.2, 0.25) is 0 Å². The average Bonchev–Trinajstić information content (AvgIpc) is 3.19. The number of thioether (sulfide) groups is 1. The third kappa shape index (κ3) is 2.23. The Labute approximate surface area is 131 Å². The molecule has 0 atom stereocenters. The van der Waals surface area contributed by atoms with Crippen LogP contribution in [0.15, 0.2) is 40.1 Å². The van der Waals surface area contributed by atoms with Gasteiger partial charge in [-0.1, -0.05) is 11.8 Å². The highest BCUT2D eigenvalue weighted by molar-refractivity contribution is 7.98. The molecule has 1 aromatic carbocycles. The number of rotatable bonds is 4. The van der Waals surface area contributed by atoms with E-state index in [4.69, 9.17) is 13.9 Å². The Bertz CT molecular complexity index is 824. The van der Waals surface area contributed by atoms with Gasteiger partial charge in [-0.15, -0.1) is 0 Å². The first-order valence-electron chi connectivity index (χ1n) is 6.46. The lowest BCUT2D eigenvalue weighted by molar-refractivity contribution is 0.0927. The summed E-state index contributed by atoms with van der Waals surface area (Å²) in [7, 11) is 3.11. The van der Waals surface area contributed by atoms with Gasteiger partial charge in [0, 0.05) is 12.1 Å². The van der Waals surface area contributed by atoms with Crippen molar-refractivity contribution in [3.8, 4) is 11.5 Å². The van der Waals surface area contributed by atoms with E-state index in [1.807, 2.05) is 6.26 Å². The summed E-state index contributed by atoms with van der Waals surface area (Å²) >= 11 is 1.38. The predicted molar refractivity (Wildman–Crippen MR) is 83.1 cm³/mol. The minimum Gasteiger partial charge on any atom is -0.493 e. The van der Waals surface area contributed by atoms with E-state index in [9.17, 15) is 4.79 Å². The molecule has 0 N–H and O–H groups in total. The van der Waals surface area contributed by atoms with Crippen LogP contribution in [-0.2, 0) is 0 Å². The molecule has 2 heterocycles. The summed E-state index contributed by atoms with van der Waals surface area (Å²) in [6.45, 7) is 0. The van der Waals surface area contributed by atoms with Crippen LogP contribution in [0.5, 0.6) is 11.5 Å². The van der Waals surface area contributed by atoms with E-state index in [0.29, 0.717) is 27.7 Å². The quantitative estimate of drug-likeness (QED) is 0.689. The molecule has 22 heavy (non-hydrogen) atoms. The number of imidazole rings is 1. The summed E-state index contributed by atoms with van der Waals surface area (Å²) in [6, 6.07) is 6.79. The third-order valence-corrected chi connectivity index (χ3v) is 3.89. The van der Waals surface area contributed by atoms with Gasteiger partial charge in [0.15, 0.2) is 22.4 Å². The van der Waals surface area contributed by atoms with Crippen LogP contribution in [0.4, 0.5) is 0 Å². The number of fused-ring (bicyclic) bond motifs is 1. The Hall–Kier alpha value is -2.41. The molecular weight excluding hydrogens is 304 g/mol. The summed E-state index contributed by atoms with van der Waals surface area (Å²) < 4.78 is 17.3. The lowest BCUT2D eigenvalue weighted by Gasteiger charge is -2.08. The van der Waals surface area contributed by atoms with Crippen molar-refractivity contribution < 1.29 is 18.7 Å². The fourth-order valence-corrected chi connectivity index (χ4v) is 2.78. The molecule has 0 aliphatic carbocycles. The smallest absolute Gasteiger partial charge is 0.300 e. The van der Waals surface area contributed by atoms with Crippen LogP contribution >= 0.6 is 11.8 Å².